The van der Waals surface area contributed by atoms with E-state index in [2.05, 4.69) is 0 Å². The topological polar surface area (TPSA) is 76.0 Å². The minimum Gasteiger partial charge on any atom is -0.508 e. The second-order valence-electron chi connectivity index (χ2n) is 4.22. The van der Waals surface area contributed by atoms with Crippen molar-refractivity contribution in [3.05, 3.63) is 47.5 Å². The van der Waals surface area contributed by atoms with E-state index >= 15 is 0 Å². The Kier molecular flexibility index (Phi) is 3.79. The molecule has 2 aromatic rings. The molecule has 0 atom stereocenters. The van der Waals surface area contributed by atoms with Crippen LogP contribution in [0.25, 0.3) is 0 Å². The van der Waals surface area contributed by atoms with Crippen molar-refractivity contribution >= 4 is 5.97 Å². The van der Waals surface area contributed by atoms with Crippen molar-refractivity contribution in [3.8, 4) is 23.0 Å². The minimum atomic E-state index is -0.576. The van der Waals surface area contributed by atoms with Gasteiger partial charge in [-0.25, -0.2) is 4.79 Å². The third-order valence-electron chi connectivity index (χ3n) is 2.79. The number of esters is 1. The molecular weight excluding hydrogens is 260 g/mol. The van der Waals surface area contributed by atoms with Gasteiger partial charge in [-0.1, -0.05) is 0 Å². The van der Waals surface area contributed by atoms with Gasteiger partial charge in [0.1, 0.15) is 11.5 Å². The molecule has 2 aromatic carbocycles. The van der Waals surface area contributed by atoms with Crippen molar-refractivity contribution in [2.45, 2.75) is 6.92 Å². The first-order valence-electron chi connectivity index (χ1n) is 5.90. The number of rotatable bonds is 3. The summed E-state index contributed by atoms with van der Waals surface area (Å²) in [6.07, 6.45) is 0. The highest BCUT2D eigenvalue weighted by Crippen LogP contribution is 2.27. The van der Waals surface area contributed by atoms with Gasteiger partial charge in [-0.15, -0.1) is 0 Å². The number of aryl methyl sites for hydroxylation is 1. The lowest BCUT2D eigenvalue weighted by molar-refractivity contribution is 0.0734. The average molecular weight is 274 g/mol. The SMILES string of the molecule is COc1cc(C(=O)Oc2ccc(O)c(C)c2)ccc1O. The fourth-order valence-corrected chi connectivity index (χ4v) is 1.66. The van der Waals surface area contributed by atoms with Crippen molar-refractivity contribution in [3.63, 3.8) is 0 Å². The predicted octanol–water partition coefficient (Wildman–Crippen LogP) is 2.63. The maximum absolute atomic E-state index is 12.0. The van der Waals surface area contributed by atoms with Gasteiger partial charge in [-0.05, 0) is 48.9 Å². The molecule has 0 saturated carbocycles. The van der Waals surface area contributed by atoms with Crippen LogP contribution in [-0.4, -0.2) is 23.3 Å². The summed E-state index contributed by atoms with van der Waals surface area (Å²) in [6, 6.07) is 8.70. The average Bonchev–Trinajstić information content (AvgIpc) is 2.43. The summed E-state index contributed by atoms with van der Waals surface area (Å²) in [5.41, 5.74) is 0.865. The summed E-state index contributed by atoms with van der Waals surface area (Å²) in [5.74, 6) is 0.0349. The first-order chi connectivity index (χ1) is 9.51. The van der Waals surface area contributed by atoms with Crippen LogP contribution in [-0.2, 0) is 0 Å². The maximum atomic E-state index is 12.0. The number of carbonyl (C=O) groups is 1. The zero-order chi connectivity index (χ0) is 14.7. The molecule has 0 unspecified atom stereocenters. The first kappa shape index (κ1) is 13.7. The molecule has 0 amide bonds. The number of aromatic hydroxyl groups is 2. The molecule has 0 radical (unpaired) electrons. The Hall–Kier alpha value is -2.69. The summed E-state index contributed by atoms with van der Waals surface area (Å²) in [5, 5.41) is 18.9. The number of carbonyl (C=O) groups excluding carboxylic acids is 1. The summed E-state index contributed by atoms with van der Waals surface area (Å²) in [6.45, 7) is 1.70. The predicted molar refractivity (Wildman–Crippen MR) is 72.5 cm³/mol. The second-order valence-corrected chi connectivity index (χ2v) is 4.22. The van der Waals surface area contributed by atoms with Gasteiger partial charge < -0.3 is 19.7 Å². The highest BCUT2D eigenvalue weighted by molar-refractivity contribution is 5.91. The van der Waals surface area contributed by atoms with E-state index in [1.807, 2.05) is 0 Å². The lowest BCUT2D eigenvalue weighted by Gasteiger charge is -2.08. The number of ether oxygens (including phenoxy) is 2. The van der Waals surface area contributed by atoms with Gasteiger partial charge in [0.15, 0.2) is 11.5 Å². The Morgan fingerprint density at radius 1 is 1.05 bits per heavy atom. The number of methoxy groups -OCH3 is 1. The fraction of sp³-hybridized carbons (Fsp3) is 0.133. The van der Waals surface area contributed by atoms with E-state index in [4.69, 9.17) is 9.47 Å². The van der Waals surface area contributed by atoms with E-state index < -0.39 is 5.97 Å². The van der Waals surface area contributed by atoms with E-state index in [0.29, 0.717) is 11.3 Å². The van der Waals surface area contributed by atoms with Gasteiger partial charge in [0.05, 0.1) is 12.7 Å². The van der Waals surface area contributed by atoms with Crippen LogP contribution in [0.5, 0.6) is 23.0 Å². The van der Waals surface area contributed by atoms with Gasteiger partial charge >= 0.3 is 5.97 Å². The smallest absolute Gasteiger partial charge is 0.343 e. The molecule has 0 aromatic heterocycles. The third kappa shape index (κ3) is 2.83. The van der Waals surface area contributed by atoms with Crippen LogP contribution in [0.3, 0.4) is 0 Å². The Labute approximate surface area is 116 Å². The summed E-state index contributed by atoms with van der Waals surface area (Å²) in [7, 11) is 1.40. The number of hydrogen-bond donors (Lipinski definition) is 2. The molecule has 2 rings (SSSR count). The van der Waals surface area contributed by atoms with Gasteiger partial charge in [0, 0.05) is 0 Å². The zero-order valence-electron chi connectivity index (χ0n) is 11.1. The molecule has 20 heavy (non-hydrogen) atoms. The number of hydrogen-bond acceptors (Lipinski definition) is 5. The summed E-state index contributed by atoms with van der Waals surface area (Å²) >= 11 is 0. The van der Waals surface area contributed by atoms with Crippen LogP contribution < -0.4 is 9.47 Å². The van der Waals surface area contributed by atoms with Gasteiger partial charge in [0.25, 0.3) is 0 Å². The molecule has 0 heterocycles. The maximum Gasteiger partial charge on any atom is 0.343 e. The fourth-order valence-electron chi connectivity index (χ4n) is 1.66. The Balaban J connectivity index is 2.21. The van der Waals surface area contributed by atoms with Crippen molar-refractivity contribution in [1.29, 1.82) is 0 Å². The molecule has 0 bridgehead atoms. The van der Waals surface area contributed by atoms with Crippen molar-refractivity contribution in [2.24, 2.45) is 0 Å². The molecule has 0 fully saturated rings. The van der Waals surface area contributed by atoms with Crippen LogP contribution in [0.2, 0.25) is 0 Å². The molecule has 0 aliphatic heterocycles. The monoisotopic (exact) mass is 274 g/mol. The van der Waals surface area contributed by atoms with Crippen LogP contribution in [0, 0.1) is 6.92 Å². The van der Waals surface area contributed by atoms with Crippen molar-refractivity contribution < 1.29 is 24.5 Å². The van der Waals surface area contributed by atoms with Crippen molar-refractivity contribution in [2.75, 3.05) is 7.11 Å². The summed E-state index contributed by atoms with van der Waals surface area (Å²) in [4.78, 5) is 12.0. The Morgan fingerprint density at radius 3 is 2.40 bits per heavy atom. The van der Waals surface area contributed by atoms with Gasteiger partial charge in [-0.2, -0.15) is 0 Å². The molecule has 0 spiro atoms. The number of phenolic OH excluding ortho intramolecular Hbond substituents is 2. The van der Waals surface area contributed by atoms with E-state index in [-0.39, 0.29) is 22.8 Å². The molecule has 0 aliphatic rings. The quantitative estimate of drug-likeness (QED) is 0.664. The minimum absolute atomic E-state index is 0.0514. The Morgan fingerprint density at radius 2 is 1.75 bits per heavy atom. The van der Waals surface area contributed by atoms with Crippen LogP contribution >= 0.6 is 0 Å². The van der Waals surface area contributed by atoms with E-state index in [1.54, 1.807) is 13.0 Å². The molecule has 0 saturated heterocycles. The molecule has 0 aliphatic carbocycles. The molecule has 5 nitrogen and oxygen atoms in total. The van der Waals surface area contributed by atoms with Crippen molar-refractivity contribution in [1.82, 2.24) is 0 Å². The van der Waals surface area contributed by atoms with E-state index in [1.165, 1.54) is 37.4 Å². The molecular formula is C15H14O5. The molecule has 104 valence electrons. The van der Waals surface area contributed by atoms with Gasteiger partial charge in [0.2, 0.25) is 0 Å². The molecule has 2 N–H and O–H groups in total. The van der Waals surface area contributed by atoms with Crippen LogP contribution in [0.4, 0.5) is 0 Å². The Bertz CT molecular complexity index is 649. The second kappa shape index (κ2) is 5.52. The molecule has 5 heteroatoms. The lowest BCUT2D eigenvalue weighted by atomic mass is 10.2. The number of phenols is 2. The first-order valence-corrected chi connectivity index (χ1v) is 5.90. The zero-order valence-corrected chi connectivity index (χ0v) is 11.1. The normalized spacial score (nSPS) is 10.1. The lowest BCUT2D eigenvalue weighted by Crippen LogP contribution is -2.08. The van der Waals surface area contributed by atoms with E-state index in [9.17, 15) is 15.0 Å². The highest BCUT2D eigenvalue weighted by atomic mass is 16.5. The summed E-state index contributed by atoms with van der Waals surface area (Å²) < 4.78 is 10.1. The number of benzene rings is 2. The van der Waals surface area contributed by atoms with E-state index in [0.717, 1.165) is 0 Å². The van der Waals surface area contributed by atoms with Crippen LogP contribution in [0.1, 0.15) is 15.9 Å². The van der Waals surface area contributed by atoms with Crippen LogP contribution in [0.15, 0.2) is 36.4 Å². The highest BCUT2D eigenvalue weighted by Gasteiger charge is 2.12. The van der Waals surface area contributed by atoms with Gasteiger partial charge in [-0.3, -0.25) is 0 Å². The standard InChI is InChI=1S/C15H14O5/c1-9-7-11(4-6-12(9)16)20-15(18)10-3-5-13(17)14(8-10)19-2/h3-8,16-17H,1-2H3. The third-order valence-corrected chi connectivity index (χ3v) is 2.79. The largest absolute Gasteiger partial charge is 0.508 e.